The number of aromatic nitrogens is 3. The molecule has 3 nitrogen and oxygen atoms in total. The summed E-state index contributed by atoms with van der Waals surface area (Å²) in [5.41, 5.74) is 1.90. The minimum Gasteiger partial charge on any atom is -0.308 e. The molecule has 1 fully saturated rings. The molecular formula is C15H19BrClN3. The third-order valence-corrected chi connectivity index (χ3v) is 5.40. The van der Waals surface area contributed by atoms with Crippen molar-refractivity contribution < 1.29 is 0 Å². The van der Waals surface area contributed by atoms with Gasteiger partial charge in [-0.1, -0.05) is 20.3 Å². The first kappa shape index (κ1) is 14.3. The molecule has 3 atom stereocenters. The van der Waals surface area contributed by atoms with E-state index >= 15 is 0 Å². The monoisotopic (exact) mass is 355 g/mol. The zero-order valence-corrected chi connectivity index (χ0v) is 14.2. The van der Waals surface area contributed by atoms with Crippen molar-refractivity contribution in [1.82, 2.24) is 14.5 Å². The fourth-order valence-electron chi connectivity index (χ4n) is 3.61. The van der Waals surface area contributed by atoms with Gasteiger partial charge in [0.25, 0.3) is 0 Å². The van der Waals surface area contributed by atoms with E-state index in [9.17, 15) is 0 Å². The van der Waals surface area contributed by atoms with Crippen molar-refractivity contribution in [3.8, 4) is 0 Å². The van der Waals surface area contributed by atoms with Crippen molar-refractivity contribution >= 4 is 38.7 Å². The number of nitrogens with zero attached hydrogens (tertiary/aromatic N) is 3. The highest BCUT2D eigenvalue weighted by molar-refractivity contribution is 9.10. The molecule has 3 unspecified atom stereocenters. The Morgan fingerprint density at radius 2 is 2.25 bits per heavy atom. The minimum absolute atomic E-state index is 0.438. The molecule has 0 radical (unpaired) electrons. The number of halogens is 2. The molecule has 2 heterocycles. The van der Waals surface area contributed by atoms with Crippen LogP contribution in [0, 0.1) is 11.8 Å². The highest BCUT2D eigenvalue weighted by Crippen LogP contribution is 2.43. The standard InChI is InChI=1S/C15H19BrClN3/c1-3-10-4-5-13(9(10)2)20-14(7-17)19-12-6-11(16)8-18-15(12)20/h6,8-10,13H,3-5,7H2,1-2H3. The lowest BCUT2D eigenvalue weighted by molar-refractivity contribution is 0.329. The van der Waals surface area contributed by atoms with Crippen LogP contribution in [-0.4, -0.2) is 14.5 Å². The van der Waals surface area contributed by atoms with E-state index in [1.54, 1.807) is 0 Å². The Kier molecular flexibility index (Phi) is 4.04. The fraction of sp³-hybridized carbons (Fsp3) is 0.600. The van der Waals surface area contributed by atoms with Crippen LogP contribution < -0.4 is 0 Å². The molecule has 1 saturated carbocycles. The third-order valence-electron chi connectivity index (χ3n) is 4.73. The summed E-state index contributed by atoms with van der Waals surface area (Å²) in [4.78, 5) is 9.23. The summed E-state index contributed by atoms with van der Waals surface area (Å²) in [7, 11) is 0. The first-order valence-electron chi connectivity index (χ1n) is 7.24. The van der Waals surface area contributed by atoms with Crippen LogP contribution >= 0.6 is 27.5 Å². The molecule has 108 valence electrons. The Hall–Kier alpha value is -0.610. The van der Waals surface area contributed by atoms with E-state index in [1.807, 2.05) is 12.3 Å². The Labute approximate surface area is 132 Å². The number of hydrogen-bond donors (Lipinski definition) is 0. The van der Waals surface area contributed by atoms with E-state index in [2.05, 4.69) is 44.3 Å². The summed E-state index contributed by atoms with van der Waals surface area (Å²) in [5, 5.41) is 0. The molecule has 0 aliphatic heterocycles. The Bertz CT molecular complexity index is 625. The van der Waals surface area contributed by atoms with Crippen molar-refractivity contribution in [2.45, 2.75) is 45.0 Å². The molecule has 0 amide bonds. The van der Waals surface area contributed by atoms with Crippen molar-refractivity contribution in [1.29, 1.82) is 0 Å². The first-order valence-corrected chi connectivity index (χ1v) is 8.56. The summed E-state index contributed by atoms with van der Waals surface area (Å²) in [6.07, 6.45) is 5.59. The summed E-state index contributed by atoms with van der Waals surface area (Å²) >= 11 is 9.58. The van der Waals surface area contributed by atoms with Gasteiger partial charge in [-0.3, -0.25) is 0 Å². The number of rotatable bonds is 3. The van der Waals surface area contributed by atoms with E-state index < -0.39 is 0 Å². The average molecular weight is 357 g/mol. The van der Waals surface area contributed by atoms with E-state index in [0.717, 1.165) is 27.4 Å². The topological polar surface area (TPSA) is 30.7 Å². The molecule has 0 bridgehead atoms. The quantitative estimate of drug-likeness (QED) is 0.730. The molecule has 3 rings (SSSR count). The predicted octanol–water partition coefficient (Wildman–Crippen LogP) is 4.93. The van der Waals surface area contributed by atoms with Crippen molar-refractivity contribution in [2.75, 3.05) is 0 Å². The zero-order chi connectivity index (χ0) is 14.3. The molecule has 2 aromatic heterocycles. The molecule has 0 aromatic carbocycles. The average Bonchev–Trinajstić information content (AvgIpc) is 2.97. The molecule has 0 N–H and O–H groups in total. The van der Waals surface area contributed by atoms with Crippen molar-refractivity contribution in [3.63, 3.8) is 0 Å². The SMILES string of the molecule is CCC1CCC(n2c(CCl)nc3cc(Br)cnc32)C1C. The molecule has 1 aliphatic carbocycles. The maximum Gasteiger partial charge on any atom is 0.160 e. The van der Waals surface area contributed by atoms with Gasteiger partial charge in [0.15, 0.2) is 5.65 Å². The van der Waals surface area contributed by atoms with E-state index in [1.165, 1.54) is 19.3 Å². The van der Waals surface area contributed by atoms with Gasteiger partial charge in [0.05, 0.1) is 5.88 Å². The number of imidazole rings is 1. The van der Waals surface area contributed by atoms with Gasteiger partial charge < -0.3 is 4.57 Å². The molecule has 5 heteroatoms. The van der Waals surface area contributed by atoms with Gasteiger partial charge in [-0.2, -0.15) is 0 Å². The van der Waals surface area contributed by atoms with Crippen molar-refractivity contribution in [2.24, 2.45) is 11.8 Å². The van der Waals surface area contributed by atoms with Crippen LogP contribution in [0.2, 0.25) is 0 Å². The second kappa shape index (κ2) is 5.64. The molecule has 0 spiro atoms. The fourth-order valence-corrected chi connectivity index (χ4v) is 4.12. The van der Waals surface area contributed by atoms with Crippen LogP contribution in [-0.2, 0) is 5.88 Å². The first-order chi connectivity index (χ1) is 9.65. The zero-order valence-electron chi connectivity index (χ0n) is 11.8. The molecule has 20 heavy (non-hydrogen) atoms. The van der Waals surface area contributed by atoms with E-state index in [-0.39, 0.29) is 0 Å². The maximum absolute atomic E-state index is 6.12. The van der Waals surface area contributed by atoms with Crippen LogP contribution in [0.1, 0.15) is 45.0 Å². The molecular weight excluding hydrogens is 338 g/mol. The summed E-state index contributed by atoms with van der Waals surface area (Å²) in [5.74, 6) is 2.84. The Morgan fingerprint density at radius 1 is 1.45 bits per heavy atom. The Balaban J connectivity index is 2.10. The summed E-state index contributed by atoms with van der Waals surface area (Å²) < 4.78 is 3.25. The molecule has 0 saturated heterocycles. The Morgan fingerprint density at radius 3 is 2.90 bits per heavy atom. The van der Waals surface area contributed by atoms with Crippen LogP contribution in [0.5, 0.6) is 0 Å². The lowest BCUT2D eigenvalue weighted by Crippen LogP contribution is -2.17. The van der Waals surface area contributed by atoms with Crippen LogP contribution in [0.3, 0.4) is 0 Å². The minimum atomic E-state index is 0.438. The smallest absolute Gasteiger partial charge is 0.160 e. The second-order valence-electron chi connectivity index (χ2n) is 5.70. The number of pyridine rings is 1. The second-order valence-corrected chi connectivity index (χ2v) is 6.88. The third kappa shape index (κ3) is 2.27. The largest absolute Gasteiger partial charge is 0.308 e. The van der Waals surface area contributed by atoms with E-state index in [0.29, 0.717) is 17.8 Å². The maximum atomic E-state index is 6.12. The number of alkyl halides is 1. The lowest BCUT2D eigenvalue weighted by atomic mass is 9.93. The molecule has 1 aliphatic rings. The number of hydrogen-bond acceptors (Lipinski definition) is 2. The van der Waals surface area contributed by atoms with E-state index in [4.69, 9.17) is 11.6 Å². The van der Waals surface area contributed by atoms with Gasteiger partial charge in [-0.05, 0) is 46.7 Å². The summed E-state index contributed by atoms with van der Waals surface area (Å²) in [6, 6.07) is 2.50. The van der Waals surface area contributed by atoms with Crippen LogP contribution in [0.25, 0.3) is 11.2 Å². The van der Waals surface area contributed by atoms with Gasteiger partial charge in [0, 0.05) is 16.7 Å². The van der Waals surface area contributed by atoms with Gasteiger partial charge in [-0.25, -0.2) is 9.97 Å². The van der Waals surface area contributed by atoms with Gasteiger partial charge >= 0.3 is 0 Å². The van der Waals surface area contributed by atoms with Crippen molar-refractivity contribution in [3.05, 3.63) is 22.6 Å². The van der Waals surface area contributed by atoms with Gasteiger partial charge in [0.2, 0.25) is 0 Å². The lowest BCUT2D eigenvalue weighted by Gasteiger charge is -2.23. The highest BCUT2D eigenvalue weighted by atomic mass is 79.9. The van der Waals surface area contributed by atoms with Gasteiger partial charge in [0.1, 0.15) is 11.3 Å². The van der Waals surface area contributed by atoms with Gasteiger partial charge in [-0.15, -0.1) is 11.6 Å². The predicted molar refractivity (Wildman–Crippen MR) is 86.0 cm³/mol. The number of fused-ring (bicyclic) bond motifs is 1. The highest BCUT2D eigenvalue weighted by Gasteiger charge is 2.34. The normalized spacial score (nSPS) is 26.5. The summed E-state index contributed by atoms with van der Waals surface area (Å²) in [6.45, 7) is 4.64. The van der Waals surface area contributed by atoms with Crippen LogP contribution in [0.4, 0.5) is 0 Å². The molecule has 2 aromatic rings. The van der Waals surface area contributed by atoms with Crippen LogP contribution in [0.15, 0.2) is 16.7 Å².